The van der Waals surface area contributed by atoms with Gasteiger partial charge in [0.2, 0.25) is 0 Å². The summed E-state index contributed by atoms with van der Waals surface area (Å²) in [6, 6.07) is 9.31. The molecule has 1 aromatic heterocycles. The third-order valence-electron chi connectivity index (χ3n) is 8.74. The van der Waals surface area contributed by atoms with Crippen molar-refractivity contribution >= 4 is 22.6 Å². The van der Waals surface area contributed by atoms with Crippen LogP contribution in [0.4, 0.5) is 14.5 Å². The number of methoxy groups -OCH3 is 1. The molecule has 2 saturated heterocycles. The van der Waals surface area contributed by atoms with E-state index in [1.54, 1.807) is 7.11 Å². The first kappa shape index (κ1) is 30.1. The first-order valence-corrected chi connectivity index (χ1v) is 14.8. The third-order valence-corrected chi connectivity index (χ3v) is 8.74. The van der Waals surface area contributed by atoms with Crippen molar-refractivity contribution in [2.45, 2.75) is 38.6 Å². The SMILES string of the molecule is COc1ccc2ncc(CN3CCOCC3)c(CCCC3(C(=O)O)CCN(CCNc4cc(F)cc(F)c4)CC3)c2c1. The number of fused-ring (bicyclic) bond motifs is 1. The summed E-state index contributed by atoms with van der Waals surface area (Å²) in [7, 11) is 1.66. The molecule has 2 N–H and O–H groups in total. The Balaban J connectivity index is 1.22. The number of carboxylic acids is 1. The monoisotopic (exact) mass is 582 g/mol. The molecular formula is C32H40F2N4O4. The zero-order valence-electron chi connectivity index (χ0n) is 24.2. The van der Waals surface area contributed by atoms with Crippen LogP contribution in [-0.2, 0) is 22.5 Å². The fraction of sp³-hybridized carbons (Fsp3) is 0.500. The topological polar surface area (TPSA) is 87.2 Å². The Labute approximate surface area is 245 Å². The lowest BCUT2D eigenvalue weighted by Gasteiger charge is -2.39. The number of ether oxygens (including phenoxy) is 2. The normalized spacial score (nSPS) is 17.8. The second-order valence-electron chi connectivity index (χ2n) is 11.4. The molecule has 2 fully saturated rings. The van der Waals surface area contributed by atoms with Crippen LogP contribution in [0, 0.1) is 17.0 Å². The van der Waals surface area contributed by atoms with Crippen LogP contribution in [0.3, 0.4) is 0 Å². The van der Waals surface area contributed by atoms with Gasteiger partial charge in [0.1, 0.15) is 17.4 Å². The maximum absolute atomic E-state index is 13.5. The van der Waals surface area contributed by atoms with Gasteiger partial charge in [0.25, 0.3) is 0 Å². The van der Waals surface area contributed by atoms with Gasteiger partial charge in [-0.1, -0.05) is 0 Å². The summed E-state index contributed by atoms with van der Waals surface area (Å²) in [5.74, 6) is -1.19. The van der Waals surface area contributed by atoms with Crippen LogP contribution in [0.15, 0.2) is 42.6 Å². The predicted octanol–water partition coefficient (Wildman–Crippen LogP) is 4.96. The lowest BCUT2D eigenvalue weighted by molar-refractivity contribution is -0.152. The number of carboxylic acid groups (broad SMARTS) is 1. The standard InChI is InChI=1S/C32H40F2N4O4/c1-41-27-4-5-30-29(20-27)28(23(21-36-30)22-38-13-15-42-16-14-38)3-2-6-32(31(39)40)7-10-37(11-8-32)12-9-35-26-18-24(33)17-25(34)19-26/h4-5,17-21,35H,2-3,6-16,22H2,1H3,(H,39,40). The van der Waals surface area contributed by atoms with E-state index in [-0.39, 0.29) is 0 Å². The molecule has 0 bridgehead atoms. The Bertz CT molecular complexity index is 1350. The fourth-order valence-electron chi connectivity index (χ4n) is 6.22. The van der Waals surface area contributed by atoms with Crippen LogP contribution in [0.25, 0.3) is 10.9 Å². The lowest BCUT2D eigenvalue weighted by Crippen LogP contribution is -2.45. The second kappa shape index (κ2) is 13.8. The number of nitrogens with one attached hydrogen (secondary N) is 1. The largest absolute Gasteiger partial charge is 0.497 e. The molecule has 2 aliphatic rings. The average Bonchev–Trinajstić information content (AvgIpc) is 2.98. The Morgan fingerprint density at radius 2 is 1.81 bits per heavy atom. The van der Waals surface area contributed by atoms with Gasteiger partial charge in [-0.3, -0.25) is 14.7 Å². The molecule has 0 aliphatic carbocycles. The molecule has 10 heteroatoms. The third kappa shape index (κ3) is 7.35. The molecule has 0 atom stereocenters. The molecule has 0 spiro atoms. The molecule has 0 radical (unpaired) electrons. The van der Waals surface area contributed by atoms with E-state index < -0.39 is 23.0 Å². The Hall–Kier alpha value is -3.34. The second-order valence-corrected chi connectivity index (χ2v) is 11.4. The van der Waals surface area contributed by atoms with Gasteiger partial charge >= 0.3 is 5.97 Å². The summed E-state index contributed by atoms with van der Waals surface area (Å²) in [6.45, 7) is 6.52. The van der Waals surface area contributed by atoms with Gasteiger partial charge in [-0.2, -0.15) is 0 Å². The lowest BCUT2D eigenvalue weighted by atomic mass is 9.74. The summed E-state index contributed by atoms with van der Waals surface area (Å²) in [5, 5.41) is 14.4. The zero-order chi connectivity index (χ0) is 29.5. The van der Waals surface area contributed by atoms with Crippen molar-refractivity contribution in [3.63, 3.8) is 0 Å². The van der Waals surface area contributed by atoms with Gasteiger partial charge in [0.05, 0.1) is 31.3 Å². The molecule has 5 rings (SSSR count). The van der Waals surface area contributed by atoms with Gasteiger partial charge in [-0.15, -0.1) is 0 Å². The highest BCUT2D eigenvalue weighted by Crippen LogP contribution is 2.38. The molecule has 226 valence electrons. The fourth-order valence-corrected chi connectivity index (χ4v) is 6.22. The van der Waals surface area contributed by atoms with E-state index in [1.165, 1.54) is 23.3 Å². The molecule has 3 heterocycles. The average molecular weight is 583 g/mol. The summed E-state index contributed by atoms with van der Waals surface area (Å²) in [5.41, 5.74) is 2.93. The number of aromatic nitrogens is 1. The summed E-state index contributed by atoms with van der Waals surface area (Å²) in [6.07, 6.45) is 5.23. The maximum Gasteiger partial charge on any atom is 0.309 e. The number of halogens is 2. The molecule has 2 aromatic carbocycles. The number of hydrogen-bond acceptors (Lipinski definition) is 7. The van der Waals surface area contributed by atoms with Crippen molar-refractivity contribution in [1.29, 1.82) is 0 Å². The molecule has 0 amide bonds. The van der Waals surface area contributed by atoms with Gasteiger partial charge in [-0.25, -0.2) is 8.78 Å². The molecule has 0 saturated carbocycles. The molecule has 8 nitrogen and oxygen atoms in total. The number of hydrogen-bond donors (Lipinski definition) is 2. The van der Waals surface area contributed by atoms with Crippen molar-refractivity contribution in [3.8, 4) is 5.75 Å². The number of rotatable bonds is 12. The highest BCUT2D eigenvalue weighted by molar-refractivity contribution is 5.84. The first-order valence-electron chi connectivity index (χ1n) is 14.8. The van der Waals surface area contributed by atoms with Crippen LogP contribution >= 0.6 is 0 Å². The van der Waals surface area contributed by atoms with Crippen molar-refractivity contribution in [1.82, 2.24) is 14.8 Å². The highest BCUT2D eigenvalue weighted by Gasteiger charge is 2.40. The Kier molecular flexibility index (Phi) is 9.87. The number of aliphatic carboxylic acids is 1. The van der Waals surface area contributed by atoms with Crippen molar-refractivity contribution in [2.24, 2.45) is 5.41 Å². The highest BCUT2D eigenvalue weighted by atomic mass is 19.1. The molecule has 0 unspecified atom stereocenters. The van der Waals surface area contributed by atoms with Gasteiger partial charge in [0.15, 0.2) is 0 Å². The van der Waals surface area contributed by atoms with Crippen LogP contribution < -0.4 is 10.1 Å². The Morgan fingerprint density at radius 3 is 2.50 bits per heavy atom. The van der Waals surface area contributed by atoms with Crippen molar-refractivity contribution in [2.75, 3.05) is 64.9 Å². The van der Waals surface area contributed by atoms with Gasteiger partial charge in [-0.05, 0) is 86.7 Å². The molecule has 2 aliphatic heterocycles. The van der Waals surface area contributed by atoms with E-state index in [1.807, 2.05) is 24.4 Å². The number of anilines is 1. The summed E-state index contributed by atoms with van der Waals surface area (Å²) < 4.78 is 38.0. The summed E-state index contributed by atoms with van der Waals surface area (Å²) in [4.78, 5) is 21.9. The van der Waals surface area contributed by atoms with E-state index >= 15 is 0 Å². The van der Waals surface area contributed by atoms with Crippen LogP contribution in [-0.4, -0.2) is 85.5 Å². The number of nitrogens with zero attached hydrogens (tertiary/aromatic N) is 3. The van der Waals surface area contributed by atoms with Gasteiger partial charge < -0.3 is 24.8 Å². The van der Waals surface area contributed by atoms with Crippen LogP contribution in [0.2, 0.25) is 0 Å². The number of benzene rings is 2. The van der Waals surface area contributed by atoms with E-state index in [0.29, 0.717) is 51.1 Å². The van der Waals surface area contributed by atoms with Crippen molar-refractivity contribution in [3.05, 3.63) is 65.4 Å². The number of morpholine rings is 1. The zero-order valence-corrected chi connectivity index (χ0v) is 24.2. The smallest absolute Gasteiger partial charge is 0.309 e. The molecule has 42 heavy (non-hydrogen) atoms. The quantitative estimate of drug-likeness (QED) is 0.310. The number of carbonyl (C=O) groups is 1. The van der Waals surface area contributed by atoms with E-state index in [0.717, 1.165) is 68.4 Å². The minimum absolute atomic E-state index is 0.402. The minimum atomic E-state index is -0.763. The molecular weight excluding hydrogens is 542 g/mol. The van der Waals surface area contributed by atoms with Gasteiger partial charge in [0, 0.05) is 56.1 Å². The molecule has 3 aromatic rings. The van der Waals surface area contributed by atoms with E-state index in [2.05, 4.69) is 15.1 Å². The summed E-state index contributed by atoms with van der Waals surface area (Å²) >= 11 is 0. The Morgan fingerprint density at radius 1 is 1.07 bits per heavy atom. The number of aryl methyl sites for hydroxylation is 1. The van der Waals surface area contributed by atoms with Crippen LogP contribution in [0.5, 0.6) is 5.75 Å². The number of piperidine rings is 1. The number of likely N-dealkylation sites (tertiary alicyclic amines) is 1. The first-order chi connectivity index (χ1) is 20.3. The van der Waals surface area contributed by atoms with Crippen molar-refractivity contribution < 1.29 is 28.2 Å². The minimum Gasteiger partial charge on any atom is -0.497 e. The van der Waals surface area contributed by atoms with Crippen LogP contribution in [0.1, 0.15) is 36.8 Å². The number of pyridine rings is 1. The van der Waals surface area contributed by atoms with E-state index in [4.69, 9.17) is 14.5 Å². The van der Waals surface area contributed by atoms with E-state index in [9.17, 15) is 18.7 Å². The predicted molar refractivity (Wildman–Crippen MR) is 158 cm³/mol. The maximum atomic E-state index is 13.5.